The fourth-order valence-corrected chi connectivity index (χ4v) is 2.31. The van der Waals surface area contributed by atoms with E-state index in [0.717, 1.165) is 3.43 Å². The summed E-state index contributed by atoms with van der Waals surface area (Å²) >= 11 is 1.75. The van der Waals surface area contributed by atoms with Crippen LogP contribution in [0, 0.1) is 0 Å². The zero-order chi connectivity index (χ0) is 13.7. The van der Waals surface area contributed by atoms with Crippen LogP contribution in [0.25, 0.3) is 0 Å². The Morgan fingerprint density at radius 1 is 1.06 bits per heavy atom. The van der Waals surface area contributed by atoms with Crippen LogP contribution in [0.4, 0.5) is 0 Å². The van der Waals surface area contributed by atoms with E-state index in [1.54, 1.807) is 22.9 Å². The number of halogens is 1. The van der Waals surface area contributed by atoms with Crippen molar-refractivity contribution in [2.45, 2.75) is 0 Å². The lowest BCUT2D eigenvalue weighted by Gasteiger charge is -2.37. The molecule has 0 aromatic heterocycles. The molecule has 16 radical (unpaired) electrons. The van der Waals surface area contributed by atoms with E-state index in [-0.39, 0.29) is 0 Å². The summed E-state index contributed by atoms with van der Waals surface area (Å²) < 4.78 is 8.79. The molecule has 0 aromatic carbocycles. The van der Waals surface area contributed by atoms with Gasteiger partial charge >= 0.3 is 0 Å². The molecule has 0 aromatic rings. The van der Waals surface area contributed by atoms with Crippen molar-refractivity contribution in [1.29, 1.82) is 0 Å². The molecule has 0 aliphatic rings. The van der Waals surface area contributed by atoms with Crippen LogP contribution in [0.3, 0.4) is 0 Å². The lowest BCUT2D eigenvalue weighted by Crippen LogP contribution is -2.74. The molecule has 16 heteroatoms. The molecule has 0 aliphatic heterocycles. The van der Waals surface area contributed by atoms with Gasteiger partial charge in [-0.2, -0.15) is 0 Å². The van der Waals surface area contributed by atoms with Crippen molar-refractivity contribution in [3.63, 3.8) is 0 Å². The van der Waals surface area contributed by atoms with Gasteiger partial charge < -0.3 is 11.2 Å². The van der Waals surface area contributed by atoms with Crippen molar-refractivity contribution in [2.24, 2.45) is 0 Å². The van der Waals surface area contributed by atoms with Crippen LogP contribution in [-0.4, -0.2) is 99.8 Å². The molecule has 0 unspecified atom stereocenters. The van der Waals surface area contributed by atoms with E-state index in [0.29, 0.717) is 0 Å². The molecule has 0 atom stereocenters. The number of rotatable bonds is 7. The first-order valence-corrected chi connectivity index (χ1v) is 5.73. The van der Waals surface area contributed by atoms with Crippen molar-refractivity contribution in [1.82, 2.24) is 3.43 Å². The van der Waals surface area contributed by atoms with Crippen molar-refractivity contribution in [3.05, 3.63) is 0 Å². The van der Waals surface area contributed by atoms with E-state index in [4.69, 9.17) is 55.6 Å². The van der Waals surface area contributed by atoms with E-state index in [9.17, 15) is 0 Å². The molecule has 56 valence electrons. The maximum atomic E-state index is 7.69. The lowest BCUT2D eigenvalue weighted by molar-refractivity contribution is 1.79. The van der Waals surface area contributed by atoms with E-state index >= 15 is 0 Å². The highest BCUT2D eigenvalue weighted by atomic mass is 127. The fraction of sp³-hybridized carbons (Fsp3) is 0. The van der Waals surface area contributed by atoms with Gasteiger partial charge in [0.05, 0.1) is 0 Å². The third kappa shape index (κ3) is 5.07. The Balaban J connectivity index is 5.16. The molecule has 1 N–H and O–H groups in total. The molecule has 1 nitrogen and oxygen atoms in total. The number of hydrogen-bond donors (Lipinski definition) is 1. The molecule has 0 saturated heterocycles. The monoisotopic (exact) mass is 298 g/mol. The normalized spacial score (nSPS) is 10.3. The molecule has 0 saturated carbocycles. The van der Waals surface area contributed by atoms with Crippen LogP contribution >= 0.6 is 22.9 Å². The smallest absolute Gasteiger partial charge is 0.126 e. The van der Waals surface area contributed by atoms with Gasteiger partial charge in [-0.05, 0) is 28.2 Å². The van der Waals surface area contributed by atoms with E-state index in [2.05, 4.69) is 0 Å². The van der Waals surface area contributed by atoms with Gasteiger partial charge in [-0.3, -0.25) is 7.06 Å². The molecule has 16 heavy (non-hydrogen) atoms. The van der Waals surface area contributed by atoms with Gasteiger partial charge in [0.2, 0.25) is 0 Å². The highest BCUT2D eigenvalue weighted by molar-refractivity contribution is 14.1. The number of nitrogens with one attached hydrogen (secondary N) is 1. The minimum atomic E-state index is -0.802. The maximum Gasteiger partial charge on any atom is 0.126 e. The van der Waals surface area contributed by atoms with Crippen LogP contribution < -0.4 is 3.43 Å². The Morgan fingerprint density at radius 3 is 1.69 bits per heavy atom. The fourth-order valence-electron chi connectivity index (χ4n) is 1.57. The van der Waals surface area contributed by atoms with E-state index in [1.807, 2.05) is 0 Å². The SMILES string of the molecule is [3H]N(I)B(B([B][B-])B([B])[B])B(B([B])[B])B([B])[B]. The summed E-state index contributed by atoms with van der Waals surface area (Å²) in [6, 6.07) is 0. The summed E-state index contributed by atoms with van der Waals surface area (Å²) in [5, 5.41) is 0. The van der Waals surface area contributed by atoms with Gasteiger partial charge in [0.25, 0.3) is 0 Å². The van der Waals surface area contributed by atoms with Crippen LogP contribution in [0.2, 0.25) is 1.41 Å². The second-order valence-electron chi connectivity index (χ2n) is 3.67. The molecular weight excluding hydrogens is 292 g/mol. The molecule has 0 bridgehead atoms. The zero-order valence-corrected chi connectivity index (χ0v) is 11.1. The molecule has 0 amide bonds. The zero-order valence-electron chi connectivity index (χ0n) is 9.91. The van der Waals surface area contributed by atoms with E-state index in [1.165, 1.54) is 7.06 Å². The molecule has 0 spiro atoms. The average Bonchev–Trinajstić information content (AvgIpc) is 2.15. The topological polar surface area (TPSA) is 12.0 Å². The van der Waals surface area contributed by atoms with Crippen LogP contribution in [0.15, 0.2) is 0 Å². The summed E-state index contributed by atoms with van der Waals surface area (Å²) in [7, 11) is 40.6. The Hall–Kier alpha value is 1.60. The third-order valence-corrected chi connectivity index (χ3v) is 3.10. The van der Waals surface area contributed by atoms with Gasteiger partial charge in [0, 0.05) is 73.0 Å². The summed E-state index contributed by atoms with van der Waals surface area (Å²) in [4.78, 5) is 0. The Kier molecular flexibility index (Phi) is 8.47. The average molecular weight is 295 g/mol. The molecule has 0 rings (SSSR count). The highest BCUT2D eigenvalue weighted by Gasteiger charge is 2.37. The first kappa shape index (κ1) is 15.7. The Bertz CT molecular complexity index is 196. The van der Waals surface area contributed by atoms with Crippen LogP contribution in [0.1, 0.15) is 0 Å². The highest BCUT2D eigenvalue weighted by Crippen LogP contribution is 1.99. The summed E-state index contributed by atoms with van der Waals surface area (Å²) in [5.74, 6) is 0. The summed E-state index contributed by atoms with van der Waals surface area (Å²) in [6.07, 6.45) is -3.43. The minimum absolute atomic E-state index is 0.501. The second kappa shape index (κ2) is 8.66. The van der Waals surface area contributed by atoms with Crippen LogP contribution in [-0.2, 0) is 0 Å². The molecule has 0 aliphatic carbocycles. The van der Waals surface area contributed by atoms with E-state index < -0.39 is 38.6 Å². The second-order valence-corrected chi connectivity index (χ2v) is 4.22. The van der Waals surface area contributed by atoms with Crippen LogP contribution in [0.5, 0.6) is 0 Å². The molecular formula is HB14IN-. The van der Waals surface area contributed by atoms with Crippen molar-refractivity contribution >= 4 is 123 Å². The van der Waals surface area contributed by atoms with Gasteiger partial charge in [-0.15, -0.1) is 0 Å². The summed E-state index contributed by atoms with van der Waals surface area (Å²) in [6.45, 7) is -0.569. The Morgan fingerprint density at radius 2 is 1.50 bits per heavy atom. The minimum Gasteiger partial charge on any atom is -0.690 e. The first-order chi connectivity index (χ1) is 7.73. The summed E-state index contributed by atoms with van der Waals surface area (Å²) in [5.41, 5.74) is 0. The maximum absolute atomic E-state index is 7.69. The van der Waals surface area contributed by atoms with Gasteiger partial charge in [0.15, 0.2) is 0 Å². The third-order valence-electron chi connectivity index (χ3n) is 2.46. The lowest BCUT2D eigenvalue weighted by atomic mass is 8.53. The van der Waals surface area contributed by atoms with Gasteiger partial charge in [-0.1, -0.05) is 0 Å². The standard InChI is InChI=1S/B14HIN/c1-8-12(9(2)3)14(16-15)13(10(4)5)11(6)7/h16H/q-1/i/hT. The van der Waals surface area contributed by atoms with Gasteiger partial charge in [-0.25, -0.2) is 0 Å². The predicted octanol–water partition coefficient (Wildman–Crippen LogP) is -4.94. The predicted molar refractivity (Wildman–Crippen MR) is 97.7 cm³/mol. The van der Waals surface area contributed by atoms with Gasteiger partial charge in [0.1, 0.15) is 8.04 Å². The van der Waals surface area contributed by atoms with Crippen molar-refractivity contribution in [3.8, 4) is 0 Å². The molecule has 0 heterocycles. The number of hydrogen-bond acceptors (Lipinski definition) is 1. The van der Waals surface area contributed by atoms with Crippen molar-refractivity contribution < 1.29 is 1.41 Å². The Labute approximate surface area is 127 Å². The largest absolute Gasteiger partial charge is 0.690 e. The van der Waals surface area contributed by atoms with Crippen molar-refractivity contribution in [2.75, 3.05) is 0 Å². The first-order valence-electron chi connectivity index (χ1n) is 5.21. The molecule has 0 fully saturated rings. The quantitative estimate of drug-likeness (QED) is 0.282.